The molecular formula is C13H9IO3. The van der Waals surface area contributed by atoms with Crippen LogP contribution in [0, 0.1) is 3.57 Å². The monoisotopic (exact) mass is 340 g/mol. The number of carboxylic acid groups (broad SMARTS) is 1. The van der Waals surface area contributed by atoms with E-state index in [0.717, 1.165) is 11.1 Å². The van der Waals surface area contributed by atoms with Crippen LogP contribution in [0.5, 0.6) is 0 Å². The molecule has 0 atom stereocenters. The van der Waals surface area contributed by atoms with Crippen LogP contribution in [0.1, 0.15) is 10.4 Å². The summed E-state index contributed by atoms with van der Waals surface area (Å²) in [4.78, 5) is 11.0. The third-order valence-corrected chi connectivity index (χ3v) is 3.80. The van der Waals surface area contributed by atoms with E-state index < -0.39 is 27.2 Å². The number of halogens is 1. The second-order valence-electron chi connectivity index (χ2n) is 3.44. The number of hydrogen-bond donors (Lipinski definition) is 1. The van der Waals surface area contributed by atoms with Gasteiger partial charge in [-0.1, -0.05) is 36.4 Å². The Balaban J connectivity index is 2.55. The molecule has 2 rings (SSSR count). The van der Waals surface area contributed by atoms with E-state index in [1.54, 1.807) is 18.2 Å². The van der Waals surface area contributed by atoms with Gasteiger partial charge >= 0.3 is 5.97 Å². The molecule has 0 bridgehead atoms. The van der Waals surface area contributed by atoms with Crippen LogP contribution in [0.15, 0.2) is 48.5 Å². The number of hydrogen-bond acceptors (Lipinski definition) is 2. The first kappa shape index (κ1) is 11.9. The van der Waals surface area contributed by atoms with Crippen LogP contribution in [-0.2, 0) is 3.07 Å². The van der Waals surface area contributed by atoms with Crippen LogP contribution in [0.3, 0.4) is 0 Å². The Bertz CT molecular complexity index is 564. The number of aromatic carboxylic acids is 1. The number of carboxylic acids is 1. The molecule has 0 heterocycles. The first-order valence-corrected chi connectivity index (χ1v) is 6.88. The molecule has 3 nitrogen and oxygen atoms in total. The van der Waals surface area contributed by atoms with Crippen molar-refractivity contribution < 1.29 is 13.0 Å². The van der Waals surface area contributed by atoms with Crippen molar-refractivity contribution in [3.8, 4) is 11.1 Å². The van der Waals surface area contributed by atoms with E-state index in [9.17, 15) is 7.86 Å². The molecule has 0 radical (unpaired) electrons. The normalized spacial score (nSPS) is 10.1. The van der Waals surface area contributed by atoms with Gasteiger partial charge in [0, 0.05) is 0 Å². The predicted molar refractivity (Wildman–Crippen MR) is 72.2 cm³/mol. The maximum Gasteiger partial charge on any atom is 0.336 e. The molecule has 86 valence electrons. The number of carbonyl (C=O) groups is 1. The fourth-order valence-electron chi connectivity index (χ4n) is 1.57. The Kier molecular flexibility index (Phi) is 3.63. The fraction of sp³-hybridized carbons (Fsp3) is 0. The first-order valence-electron chi connectivity index (χ1n) is 4.92. The molecule has 1 N–H and O–H groups in total. The van der Waals surface area contributed by atoms with E-state index >= 15 is 0 Å². The minimum Gasteiger partial charge on any atom is -0.478 e. The summed E-state index contributed by atoms with van der Waals surface area (Å²) in [5.41, 5.74) is 1.91. The first-order chi connectivity index (χ1) is 8.22. The van der Waals surface area contributed by atoms with Crippen LogP contribution in [0.2, 0.25) is 0 Å². The van der Waals surface area contributed by atoms with Gasteiger partial charge in [-0.25, -0.2) is 4.79 Å². The number of benzene rings is 2. The third-order valence-electron chi connectivity index (χ3n) is 2.39. The van der Waals surface area contributed by atoms with Gasteiger partial charge in [0.2, 0.25) is 0 Å². The van der Waals surface area contributed by atoms with Crippen LogP contribution >= 0.6 is 21.2 Å². The van der Waals surface area contributed by atoms with Crippen molar-refractivity contribution in [2.24, 2.45) is 0 Å². The summed E-state index contributed by atoms with van der Waals surface area (Å²) in [6, 6.07) is 14.5. The number of rotatable bonds is 3. The summed E-state index contributed by atoms with van der Waals surface area (Å²) in [5, 5.41) is 9.05. The van der Waals surface area contributed by atoms with Crippen LogP contribution in [0.4, 0.5) is 0 Å². The lowest BCUT2D eigenvalue weighted by molar-refractivity contribution is 0.0695. The summed E-state index contributed by atoms with van der Waals surface area (Å²) in [5.74, 6) is -1.03. The highest BCUT2D eigenvalue weighted by Gasteiger charge is 2.11. The molecule has 0 unspecified atom stereocenters. The molecule has 4 heteroatoms. The summed E-state index contributed by atoms with van der Waals surface area (Å²) >= 11 is -1.46. The lowest BCUT2D eigenvalue weighted by Crippen LogP contribution is -2.00. The maximum atomic E-state index is 11.0. The molecule has 2 aromatic rings. The molecule has 2 aromatic carbocycles. The molecule has 0 aliphatic heterocycles. The van der Waals surface area contributed by atoms with Gasteiger partial charge in [-0.05, 0) is 23.3 Å². The zero-order valence-corrected chi connectivity index (χ0v) is 10.9. The highest BCUT2D eigenvalue weighted by molar-refractivity contribution is 14.1. The molecule has 0 saturated heterocycles. The average molecular weight is 340 g/mol. The van der Waals surface area contributed by atoms with Crippen LogP contribution < -0.4 is 0 Å². The van der Waals surface area contributed by atoms with Crippen molar-refractivity contribution in [1.29, 1.82) is 0 Å². The van der Waals surface area contributed by atoms with E-state index in [4.69, 9.17) is 5.11 Å². The van der Waals surface area contributed by atoms with E-state index in [2.05, 4.69) is 0 Å². The molecule has 0 fully saturated rings. The van der Waals surface area contributed by atoms with Crippen LogP contribution in [-0.4, -0.2) is 11.1 Å². The van der Waals surface area contributed by atoms with E-state index in [-0.39, 0.29) is 5.56 Å². The van der Waals surface area contributed by atoms with Crippen LogP contribution in [0.25, 0.3) is 11.1 Å². The molecule has 0 amide bonds. The van der Waals surface area contributed by atoms with Gasteiger partial charge in [0.1, 0.15) is 0 Å². The average Bonchev–Trinajstić information content (AvgIpc) is 2.39. The quantitative estimate of drug-likeness (QED) is 0.870. The molecule has 0 aliphatic carbocycles. The summed E-state index contributed by atoms with van der Waals surface area (Å²) < 4.78 is 11.4. The Labute approximate surface area is 109 Å². The molecule has 0 saturated carbocycles. The Morgan fingerprint density at radius 2 is 1.71 bits per heavy atom. The van der Waals surface area contributed by atoms with Crippen molar-refractivity contribution in [3.63, 3.8) is 0 Å². The molecule has 0 aromatic heterocycles. The van der Waals surface area contributed by atoms with Crippen molar-refractivity contribution in [2.45, 2.75) is 0 Å². The van der Waals surface area contributed by atoms with E-state index in [1.807, 2.05) is 30.3 Å². The summed E-state index contributed by atoms with van der Waals surface area (Å²) in [6.07, 6.45) is 0. The Morgan fingerprint density at radius 1 is 1.00 bits per heavy atom. The predicted octanol–water partition coefficient (Wildman–Crippen LogP) is 3.54. The summed E-state index contributed by atoms with van der Waals surface area (Å²) in [7, 11) is 0. The highest BCUT2D eigenvalue weighted by atomic mass is 127. The topological polar surface area (TPSA) is 54.4 Å². The SMILES string of the molecule is O=Ic1ccc(-c2ccccc2)cc1C(=O)O. The summed E-state index contributed by atoms with van der Waals surface area (Å²) in [6.45, 7) is 0. The van der Waals surface area contributed by atoms with E-state index in [1.165, 1.54) is 0 Å². The van der Waals surface area contributed by atoms with Crippen molar-refractivity contribution in [2.75, 3.05) is 0 Å². The zero-order chi connectivity index (χ0) is 12.3. The lowest BCUT2D eigenvalue weighted by atomic mass is 10.0. The molecule has 0 spiro atoms. The second kappa shape index (κ2) is 5.18. The van der Waals surface area contributed by atoms with Gasteiger partial charge in [-0.2, -0.15) is 0 Å². The fourth-order valence-corrected chi connectivity index (χ4v) is 2.52. The van der Waals surface area contributed by atoms with Gasteiger partial charge in [-0.15, -0.1) is 0 Å². The molecule has 17 heavy (non-hydrogen) atoms. The zero-order valence-electron chi connectivity index (χ0n) is 8.76. The maximum absolute atomic E-state index is 11.0. The molecule has 0 aliphatic rings. The Morgan fingerprint density at radius 3 is 2.29 bits per heavy atom. The van der Waals surface area contributed by atoms with Gasteiger partial charge in [0.15, 0.2) is 21.2 Å². The minimum atomic E-state index is -1.46. The standard InChI is InChI=1S/C13H9IO3/c15-13(16)11-8-10(6-7-12(11)14-17)9-4-2-1-3-5-9/h1-8H,(H,15,16). The van der Waals surface area contributed by atoms with Gasteiger partial charge in [0.05, 0.1) is 9.13 Å². The van der Waals surface area contributed by atoms with Gasteiger partial charge < -0.3 is 5.11 Å². The second-order valence-corrected chi connectivity index (χ2v) is 5.05. The van der Waals surface area contributed by atoms with E-state index in [0.29, 0.717) is 3.57 Å². The smallest absolute Gasteiger partial charge is 0.336 e. The van der Waals surface area contributed by atoms with Crippen molar-refractivity contribution in [1.82, 2.24) is 0 Å². The third kappa shape index (κ3) is 2.58. The lowest BCUT2D eigenvalue weighted by Gasteiger charge is -2.04. The van der Waals surface area contributed by atoms with Crippen molar-refractivity contribution in [3.05, 3.63) is 57.7 Å². The van der Waals surface area contributed by atoms with Gasteiger partial charge in [0.25, 0.3) is 0 Å². The highest BCUT2D eigenvalue weighted by Crippen LogP contribution is 2.24. The van der Waals surface area contributed by atoms with Crippen molar-refractivity contribution >= 4 is 27.2 Å². The largest absolute Gasteiger partial charge is 0.478 e. The Hall–Kier alpha value is -1.56. The van der Waals surface area contributed by atoms with Gasteiger partial charge in [-0.3, -0.25) is 3.07 Å². The minimum absolute atomic E-state index is 0.133. The molecular weight excluding hydrogens is 331 g/mol.